The van der Waals surface area contributed by atoms with Crippen molar-refractivity contribution in [3.05, 3.63) is 53.6 Å². The van der Waals surface area contributed by atoms with Gasteiger partial charge in [-0.2, -0.15) is 0 Å². The molecule has 3 amide bonds. The topological polar surface area (TPSA) is 90.5 Å². The van der Waals surface area contributed by atoms with Crippen LogP contribution in [0.4, 0.5) is 17.1 Å². The van der Waals surface area contributed by atoms with Crippen LogP contribution in [0.1, 0.15) is 42.6 Å². The Hall–Kier alpha value is -3.35. The average Bonchev–Trinajstić information content (AvgIpc) is 3.19. The van der Waals surface area contributed by atoms with Crippen LogP contribution >= 0.6 is 0 Å². The third-order valence-corrected chi connectivity index (χ3v) is 4.71. The van der Waals surface area contributed by atoms with Crippen LogP contribution in [0.2, 0.25) is 0 Å². The normalized spacial score (nSPS) is 13.1. The molecule has 7 nitrogen and oxygen atoms in total. The Balaban J connectivity index is 1.76. The van der Waals surface area contributed by atoms with Crippen molar-refractivity contribution in [2.45, 2.75) is 33.2 Å². The standard InChI is InChI=1S/C22H26N4O3/c1-15(27)24-19-11-18(12-20(13-19)25-16(2)28)22(29)23-14-17-7-3-4-8-21(17)26-9-5-6-10-26/h3-4,7-8,11-13H,5-6,9-10,14H2,1-2H3,(H,23,29)(H,24,27)(H,25,28). The molecule has 3 N–H and O–H groups in total. The highest BCUT2D eigenvalue weighted by atomic mass is 16.2. The summed E-state index contributed by atoms with van der Waals surface area (Å²) in [5.74, 6) is -0.785. The second-order valence-corrected chi connectivity index (χ2v) is 7.17. The van der Waals surface area contributed by atoms with Gasteiger partial charge in [0.2, 0.25) is 11.8 Å². The highest BCUT2D eigenvalue weighted by molar-refractivity contribution is 6.00. The van der Waals surface area contributed by atoms with Crippen LogP contribution in [0, 0.1) is 0 Å². The van der Waals surface area contributed by atoms with Gasteiger partial charge in [-0.15, -0.1) is 0 Å². The smallest absolute Gasteiger partial charge is 0.251 e. The van der Waals surface area contributed by atoms with E-state index < -0.39 is 0 Å². The Bertz CT molecular complexity index is 886. The molecule has 3 rings (SSSR count). The van der Waals surface area contributed by atoms with Gasteiger partial charge in [0.15, 0.2) is 0 Å². The van der Waals surface area contributed by atoms with E-state index in [2.05, 4.69) is 26.9 Å². The van der Waals surface area contributed by atoms with E-state index in [-0.39, 0.29) is 17.7 Å². The number of rotatable bonds is 6. The minimum absolute atomic E-state index is 0.254. The summed E-state index contributed by atoms with van der Waals surface area (Å²) >= 11 is 0. The summed E-state index contributed by atoms with van der Waals surface area (Å²) in [6, 6.07) is 12.9. The fourth-order valence-corrected chi connectivity index (χ4v) is 3.51. The minimum atomic E-state index is -0.278. The Morgan fingerprint density at radius 1 is 0.897 bits per heavy atom. The monoisotopic (exact) mass is 394 g/mol. The number of benzene rings is 2. The molecule has 0 saturated carbocycles. The van der Waals surface area contributed by atoms with Crippen molar-refractivity contribution in [1.82, 2.24) is 5.32 Å². The number of nitrogens with one attached hydrogen (secondary N) is 3. The molecule has 0 spiro atoms. The zero-order valence-electron chi connectivity index (χ0n) is 16.7. The number of hydrogen-bond donors (Lipinski definition) is 3. The van der Waals surface area contributed by atoms with Gasteiger partial charge in [-0.3, -0.25) is 14.4 Å². The highest BCUT2D eigenvalue weighted by Crippen LogP contribution is 2.25. The van der Waals surface area contributed by atoms with Crippen molar-refractivity contribution in [1.29, 1.82) is 0 Å². The van der Waals surface area contributed by atoms with Gasteiger partial charge in [0.25, 0.3) is 5.91 Å². The summed E-state index contributed by atoms with van der Waals surface area (Å²) < 4.78 is 0. The third kappa shape index (κ3) is 5.57. The Labute approximate surface area is 170 Å². The molecular formula is C22H26N4O3. The van der Waals surface area contributed by atoms with Crippen molar-refractivity contribution in [3.63, 3.8) is 0 Å². The molecule has 0 aromatic heterocycles. The number of carbonyl (C=O) groups is 3. The maximum atomic E-state index is 12.8. The van der Waals surface area contributed by atoms with Gasteiger partial charge in [0, 0.05) is 56.1 Å². The summed E-state index contributed by atoms with van der Waals surface area (Å²) in [6.07, 6.45) is 2.37. The zero-order chi connectivity index (χ0) is 20.8. The molecule has 2 aromatic rings. The number of carbonyl (C=O) groups excluding carboxylic acids is 3. The number of amides is 3. The summed E-state index contributed by atoms with van der Waals surface area (Å²) in [4.78, 5) is 37.9. The van der Waals surface area contributed by atoms with E-state index in [1.165, 1.54) is 26.7 Å². The van der Waals surface area contributed by atoms with Gasteiger partial charge in [-0.1, -0.05) is 18.2 Å². The van der Waals surface area contributed by atoms with Crippen molar-refractivity contribution in [3.8, 4) is 0 Å². The molecule has 1 saturated heterocycles. The van der Waals surface area contributed by atoms with Crippen LogP contribution in [-0.4, -0.2) is 30.8 Å². The first-order chi connectivity index (χ1) is 13.9. The Morgan fingerprint density at radius 2 is 1.48 bits per heavy atom. The average molecular weight is 394 g/mol. The first-order valence-electron chi connectivity index (χ1n) is 9.73. The lowest BCUT2D eigenvalue weighted by atomic mass is 10.1. The molecule has 1 aliphatic heterocycles. The van der Waals surface area contributed by atoms with Crippen molar-refractivity contribution in [2.24, 2.45) is 0 Å². The quantitative estimate of drug-likeness (QED) is 0.702. The summed E-state index contributed by atoms with van der Waals surface area (Å²) in [5.41, 5.74) is 3.47. The molecule has 0 bridgehead atoms. The van der Waals surface area contributed by atoms with Crippen molar-refractivity contribution >= 4 is 34.8 Å². The molecule has 152 valence electrons. The predicted octanol–water partition coefficient (Wildman–Crippen LogP) is 3.13. The molecule has 0 atom stereocenters. The first-order valence-corrected chi connectivity index (χ1v) is 9.73. The molecule has 1 fully saturated rings. The van der Waals surface area contributed by atoms with E-state index in [0.29, 0.717) is 23.5 Å². The van der Waals surface area contributed by atoms with E-state index in [1.807, 2.05) is 18.2 Å². The lowest BCUT2D eigenvalue weighted by Crippen LogP contribution is -2.26. The lowest BCUT2D eigenvalue weighted by molar-refractivity contribution is -0.115. The number of anilines is 3. The highest BCUT2D eigenvalue weighted by Gasteiger charge is 2.16. The van der Waals surface area contributed by atoms with E-state index in [1.54, 1.807) is 18.2 Å². The van der Waals surface area contributed by atoms with Crippen LogP contribution in [0.5, 0.6) is 0 Å². The van der Waals surface area contributed by atoms with E-state index >= 15 is 0 Å². The molecule has 0 aliphatic carbocycles. The molecule has 2 aromatic carbocycles. The number of para-hydroxylation sites is 1. The molecule has 1 heterocycles. The van der Waals surface area contributed by atoms with Gasteiger partial charge in [0.1, 0.15) is 0 Å². The fourth-order valence-electron chi connectivity index (χ4n) is 3.51. The first kappa shape index (κ1) is 20.4. The summed E-state index contributed by atoms with van der Waals surface area (Å²) in [7, 11) is 0. The second-order valence-electron chi connectivity index (χ2n) is 7.17. The van der Waals surface area contributed by atoms with E-state index in [4.69, 9.17) is 0 Å². The van der Waals surface area contributed by atoms with Gasteiger partial charge in [0.05, 0.1) is 0 Å². The molecular weight excluding hydrogens is 368 g/mol. The van der Waals surface area contributed by atoms with Crippen LogP contribution in [0.3, 0.4) is 0 Å². The maximum absolute atomic E-state index is 12.8. The maximum Gasteiger partial charge on any atom is 0.251 e. The van der Waals surface area contributed by atoms with Gasteiger partial charge < -0.3 is 20.9 Å². The summed E-state index contributed by atoms with van der Waals surface area (Å²) in [5, 5.41) is 8.26. The van der Waals surface area contributed by atoms with Crippen LogP contribution in [-0.2, 0) is 16.1 Å². The predicted molar refractivity (Wildman–Crippen MR) is 114 cm³/mol. The lowest BCUT2D eigenvalue weighted by Gasteiger charge is -2.21. The van der Waals surface area contributed by atoms with Gasteiger partial charge in [-0.25, -0.2) is 0 Å². The van der Waals surface area contributed by atoms with Crippen LogP contribution in [0.25, 0.3) is 0 Å². The Morgan fingerprint density at radius 3 is 2.07 bits per heavy atom. The summed E-state index contributed by atoms with van der Waals surface area (Å²) in [6.45, 7) is 5.24. The Kier molecular flexibility index (Phi) is 6.49. The molecule has 0 radical (unpaired) electrons. The number of hydrogen-bond acceptors (Lipinski definition) is 4. The SMILES string of the molecule is CC(=O)Nc1cc(NC(C)=O)cc(C(=O)NCc2ccccc2N2CCCC2)c1. The molecule has 1 aliphatic rings. The van der Waals surface area contributed by atoms with Gasteiger partial charge >= 0.3 is 0 Å². The van der Waals surface area contributed by atoms with Crippen molar-refractivity contribution in [2.75, 3.05) is 28.6 Å². The largest absolute Gasteiger partial charge is 0.371 e. The van der Waals surface area contributed by atoms with E-state index in [9.17, 15) is 14.4 Å². The van der Waals surface area contributed by atoms with Gasteiger partial charge in [-0.05, 0) is 42.7 Å². The zero-order valence-corrected chi connectivity index (χ0v) is 16.7. The molecule has 7 heteroatoms. The number of nitrogens with zero attached hydrogens (tertiary/aromatic N) is 1. The molecule has 29 heavy (non-hydrogen) atoms. The molecule has 0 unspecified atom stereocenters. The van der Waals surface area contributed by atoms with Crippen LogP contribution in [0.15, 0.2) is 42.5 Å². The van der Waals surface area contributed by atoms with E-state index in [0.717, 1.165) is 24.3 Å². The van der Waals surface area contributed by atoms with Crippen LogP contribution < -0.4 is 20.9 Å². The minimum Gasteiger partial charge on any atom is -0.371 e. The third-order valence-electron chi connectivity index (χ3n) is 4.71. The second kappa shape index (κ2) is 9.23. The fraction of sp³-hybridized carbons (Fsp3) is 0.318. The van der Waals surface area contributed by atoms with Crippen molar-refractivity contribution < 1.29 is 14.4 Å².